The minimum atomic E-state index is -0.0940. The summed E-state index contributed by atoms with van der Waals surface area (Å²) in [5.74, 6) is 0.587. The van der Waals surface area contributed by atoms with Crippen molar-refractivity contribution in [2.45, 2.75) is 26.2 Å². The number of aldehydes is 1. The Morgan fingerprint density at radius 3 is 2.24 bits per heavy atom. The molecule has 3 aromatic rings. The molecule has 0 aliphatic rings. The van der Waals surface area contributed by atoms with Crippen LogP contribution in [0.5, 0.6) is 0 Å². The molecule has 1 aromatic heterocycles. The van der Waals surface area contributed by atoms with Gasteiger partial charge in [0.1, 0.15) is 5.76 Å². The van der Waals surface area contributed by atoms with E-state index >= 15 is 0 Å². The van der Waals surface area contributed by atoms with Gasteiger partial charge in [0, 0.05) is 18.4 Å². The summed E-state index contributed by atoms with van der Waals surface area (Å²) in [5.41, 5.74) is 2.71. The van der Waals surface area contributed by atoms with Gasteiger partial charge >= 0.3 is 5.97 Å². The van der Waals surface area contributed by atoms with Crippen molar-refractivity contribution in [2.24, 2.45) is 0 Å². The van der Waals surface area contributed by atoms with Crippen LogP contribution in [0.2, 0.25) is 0 Å². The summed E-state index contributed by atoms with van der Waals surface area (Å²) in [5, 5.41) is 0. The summed E-state index contributed by atoms with van der Waals surface area (Å²) in [6, 6.07) is 23.1. The fourth-order valence-corrected chi connectivity index (χ4v) is 2.55. The zero-order valence-corrected chi connectivity index (χ0v) is 16.6. The molecule has 4 heteroatoms. The molecule has 29 heavy (non-hydrogen) atoms. The minimum Gasteiger partial charge on any atom is -0.465 e. The average molecular weight is 390 g/mol. The first-order chi connectivity index (χ1) is 14.2. The van der Waals surface area contributed by atoms with Crippen molar-refractivity contribution in [3.8, 4) is 0 Å². The van der Waals surface area contributed by atoms with E-state index in [1.807, 2.05) is 73.7 Å². The van der Waals surface area contributed by atoms with Crippen molar-refractivity contribution in [1.82, 2.24) is 0 Å². The number of furan rings is 1. The summed E-state index contributed by atoms with van der Waals surface area (Å²) < 4.78 is 10.2. The predicted octanol–water partition coefficient (Wildman–Crippen LogP) is 5.59. The van der Waals surface area contributed by atoms with Gasteiger partial charge < -0.3 is 9.15 Å². The highest BCUT2D eigenvalue weighted by atomic mass is 16.5. The number of carbonyl (C=O) groups is 2. The molecular weight excluding hydrogens is 364 g/mol. The number of carbonyl (C=O) groups excluding carboxylic acids is 2. The van der Waals surface area contributed by atoms with Crippen LogP contribution in [-0.2, 0) is 20.7 Å². The van der Waals surface area contributed by atoms with Gasteiger partial charge in [-0.15, -0.1) is 0 Å². The molecule has 150 valence electrons. The van der Waals surface area contributed by atoms with Gasteiger partial charge in [-0.2, -0.15) is 0 Å². The Bertz CT molecular complexity index is 866. The number of allylic oxidation sites excluding steroid dienone is 1. The number of rotatable bonds is 8. The lowest BCUT2D eigenvalue weighted by atomic mass is 10.1. The van der Waals surface area contributed by atoms with Crippen molar-refractivity contribution < 1.29 is 18.7 Å². The van der Waals surface area contributed by atoms with E-state index in [1.54, 1.807) is 18.4 Å². The largest absolute Gasteiger partial charge is 0.465 e. The molecule has 2 aromatic carbocycles. The second-order valence-electron chi connectivity index (χ2n) is 6.31. The molecule has 0 atom stereocenters. The highest BCUT2D eigenvalue weighted by Crippen LogP contribution is 2.16. The third-order valence-electron chi connectivity index (χ3n) is 4.03. The van der Waals surface area contributed by atoms with Crippen LogP contribution in [0, 0.1) is 0 Å². The highest BCUT2D eigenvalue weighted by molar-refractivity contribution is 6.13. The van der Waals surface area contributed by atoms with Gasteiger partial charge in [-0.3, -0.25) is 9.59 Å². The molecule has 0 fully saturated rings. The van der Waals surface area contributed by atoms with Gasteiger partial charge in [0.25, 0.3) is 0 Å². The SMILES string of the molecule is CCCC(=O)OCCc1ccccc1.O=CC(=Cc1ccco1)c1ccccc1. The monoisotopic (exact) mass is 390 g/mol. The highest BCUT2D eigenvalue weighted by Gasteiger charge is 2.01. The van der Waals surface area contributed by atoms with Crippen LogP contribution in [0.4, 0.5) is 0 Å². The lowest BCUT2D eigenvalue weighted by Gasteiger charge is -2.03. The van der Waals surface area contributed by atoms with E-state index in [0.717, 1.165) is 24.7 Å². The van der Waals surface area contributed by atoms with E-state index in [4.69, 9.17) is 9.15 Å². The number of hydrogen-bond acceptors (Lipinski definition) is 4. The Morgan fingerprint density at radius 2 is 1.66 bits per heavy atom. The summed E-state index contributed by atoms with van der Waals surface area (Å²) in [6.07, 6.45) is 6.31. The predicted molar refractivity (Wildman–Crippen MR) is 115 cm³/mol. The van der Waals surface area contributed by atoms with E-state index in [-0.39, 0.29) is 5.97 Å². The summed E-state index contributed by atoms with van der Waals surface area (Å²) in [6.45, 7) is 2.46. The van der Waals surface area contributed by atoms with Crippen molar-refractivity contribution in [2.75, 3.05) is 6.61 Å². The molecule has 0 radical (unpaired) electrons. The molecule has 0 bridgehead atoms. The van der Waals surface area contributed by atoms with Crippen molar-refractivity contribution in [1.29, 1.82) is 0 Å². The molecule has 1 heterocycles. The molecule has 0 spiro atoms. The molecule has 0 amide bonds. The molecule has 0 saturated heterocycles. The fourth-order valence-electron chi connectivity index (χ4n) is 2.55. The van der Waals surface area contributed by atoms with Crippen molar-refractivity contribution in [3.05, 3.63) is 95.9 Å². The van der Waals surface area contributed by atoms with Gasteiger partial charge in [0.2, 0.25) is 0 Å². The Morgan fingerprint density at radius 1 is 0.966 bits per heavy atom. The summed E-state index contributed by atoms with van der Waals surface area (Å²) in [7, 11) is 0. The topological polar surface area (TPSA) is 56.5 Å². The van der Waals surface area contributed by atoms with E-state index in [9.17, 15) is 9.59 Å². The van der Waals surface area contributed by atoms with E-state index < -0.39 is 0 Å². The number of hydrogen-bond donors (Lipinski definition) is 0. The van der Waals surface area contributed by atoms with Gasteiger partial charge in [-0.1, -0.05) is 67.6 Å². The second kappa shape index (κ2) is 12.9. The second-order valence-corrected chi connectivity index (χ2v) is 6.31. The Kier molecular flexibility index (Phi) is 9.73. The van der Waals surface area contributed by atoms with Crippen LogP contribution in [0.25, 0.3) is 11.6 Å². The third kappa shape index (κ3) is 8.43. The van der Waals surface area contributed by atoms with Crippen molar-refractivity contribution in [3.63, 3.8) is 0 Å². The van der Waals surface area contributed by atoms with Crippen LogP contribution < -0.4 is 0 Å². The maximum absolute atomic E-state index is 11.0. The normalized spacial score (nSPS) is 10.6. The van der Waals surface area contributed by atoms with E-state index in [0.29, 0.717) is 24.4 Å². The van der Waals surface area contributed by atoms with E-state index in [2.05, 4.69) is 0 Å². The van der Waals surface area contributed by atoms with Crippen LogP contribution in [0.1, 0.15) is 36.7 Å². The molecule has 0 unspecified atom stereocenters. The summed E-state index contributed by atoms with van der Waals surface area (Å²) in [4.78, 5) is 21.9. The third-order valence-corrected chi connectivity index (χ3v) is 4.03. The molecule has 0 aliphatic carbocycles. The van der Waals surface area contributed by atoms with Gasteiger partial charge in [-0.05, 0) is 35.8 Å². The zero-order valence-electron chi connectivity index (χ0n) is 16.6. The molecule has 0 aliphatic heterocycles. The Balaban J connectivity index is 0.000000208. The van der Waals surface area contributed by atoms with Gasteiger partial charge in [0.15, 0.2) is 6.29 Å². The zero-order chi connectivity index (χ0) is 20.7. The smallest absolute Gasteiger partial charge is 0.305 e. The Labute approximate surface area is 171 Å². The van der Waals surface area contributed by atoms with Gasteiger partial charge in [-0.25, -0.2) is 0 Å². The lowest BCUT2D eigenvalue weighted by Crippen LogP contribution is -2.06. The lowest BCUT2D eigenvalue weighted by molar-refractivity contribution is -0.143. The summed E-state index contributed by atoms with van der Waals surface area (Å²) >= 11 is 0. The quantitative estimate of drug-likeness (QED) is 0.286. The maximum atomic E-state index is 11.0. The Hall–Kier alpha value is -3.40. The van der Waals surface area contributed by atoms with Crippen LogP contribution >= 0.6 is 0 Å². The van der Waals surface area contributed by atoms with Crippen LogP contribution in [0.3, 0.4) is 0 Å². The number of benzene rings is 2. The number of esters is 1. The fraction of sp³-hybridized carbons (Fsp3) is 0.200. The molecule has 0 saturated carbocycles. The minimum absolute atomic E-state index is 0.0940. The van der Waals surface area contributed by atoms with Crippen LogP contribution in [-0.4, -0.2) is 18.9 Å². The first-order valence-corrected chi connectivity index (χ1v) is 9.68. The maximum Gasteiger partial charge on any atom is 0.305 e. The van der Waals surface area contributed by atoms with Gasteiger partial charge in [0.05, 0.1) is 12.9 Å². The first kappa shape index (κ1) is 21.9. The molecule has 0 N–H and O–H groups in total. The number of ether oxygens (including phenoxy) is 1. The van der Waals surface area contributed by atoms with Crippen molar-refractivity contribution >= 4 is 23.9 Å². The van der Waals surface area contributed by atoms with Crippen LogP contribution in [0.15, 0.2) is 83.5 Å². The first-order valence-electron chi connectivity index (χ1n) is 9.68. The van der Waals surface area contributed by atoms with E-state index in [1.165, 1.54) is 5.56 Å². The average Bonchev–Trinajstić information content (AvgIpc) is 3.27. The molecule has 4 nitrogen and oxygen atoms in total. The molecular formula is C25H26O4. The standard InChI is InChI=1S/C13H10O2.C12H16O2/c14-10-12(9-13-7-4-8-15-13)11-5-2-1-3-6-11;1-2-6-12(13)14-10-9-11-7-4-3-5-8-11/h1-10H;3-5,7-8H,2,6,9-10H2,1H3. The molecule has 3 rings (SSSR count).